The number of rotatable bonds is 5. The summed E-state index contributed by atoms with van der Waals surface area (Å²) in [5.74, 6) is 0.327. The van der Waals surface area contributed by atoms with E-state index in [9.17, 15) is 9.59 Å². The Hall–Kier alpha value is -1.10. The second kappa shape index (κ2) is 8.51. The number of nitrogens with zero attached hydrogens (tertiary/aromatic N) is 3. The summed E-state index contributed by atoms with van der Waals surface area (Å²) in [6.07, 6.45) is 6.37. The highest BCUT2D eigenvalue weighted by Gasteiger charge is 2.25. The Kier molecular flexibility index (Phi) is 6.68. The first-order valence-electron chi connectivity index (χ1n) is 8.89. The molecule has 0 atom stereocenters. The van der Waals surface area contributed by atoms with Crippen LogP contribution < -0.4 is 0 Å². The average molecular weight is 309 g/mol. The van der Waals surface area contributed by atoms with Gasteiger partial charge in [0.2, 0.25) is 11.8 Å². The largest absolute Gasteiger partial charge is 0.340 e. The van der Waals surface area contributed by atoms with E-state index in [1.54, 1.807) is 6.92 Å². The molecule has 126 valence electrons. The number of piperazine rings is 1. The van der Waals surface area contributed by atoms with Gasteiger partial charge in [0.1, 0.15) is 0 Å². The molecule has 0 bridgehead atoms. The molecule has 1 saturated carbocycles. The van der Waals surface area contributed by atoms with E-state index in [2.05, 4.69) is 11.8 Å². The van der Waals surface area contributed by atoms with E-state index in [0.717, 1.165) is 45.6 Å². The molecule has 0 aromatic rings. The van der Waals surface area contributed by atoms with Crippen LogP contribution in [0.5, 0.6) is 0 Å². The van der Waals surface area contributed by atoms with Gasteiger partial charge in [0.15, 0.2) is 0 Å². The lowest BCUT2D eigenvalue weighted by molar-refractivity contribution is -0.136. The van der Waals surface area contributed by atoms with Gasteiger partial charge in [-0.25, -0.2) is 0 Å². The van der Waals surface area contributed by atoms with Crippen molar-refractivity contribution in [3.05, 3.63) is 0 Å². The molecule has 2 amide bonds. The zero-order chi connectivity index (χ0) is 15.9. The maximum atomic E-state index is 12.4. The summed E-state index contributed by atoms with van der Waals surface area (Å²) in [5.41, 5.74) is 0. The molecule has 5 heteroatoms. The van der Waals surface area contributed by atoms with E-state index in [-0.39, 0.29) is 11.8 Å². The van der Waals surface area contributed by atoms with Gasteiger partial charge in [-0.1, -0.05) is 26.2 Å². The summed E-state index contributed by atoms with van der Waals surface area (Å²) in [7, 11) is 0. The van der Waals surface area contributed by atoms with Gasteiger partial charge in [0, 0.05) is 52.1 Å². The fraction of sp³-hybridized carbons (Fsp3) is 0.882. The van der Waals surface area contributed by atoms with Crippen molar-refractivity contribution in [3.8, 4) is 0 Å². The van der Waals surface area contributed by atoms with Crippen molar-refractivity contribution in [1.29, 1.82) is 0 Å². The molecule has 0 radical (unpaired) electrons. The minimum absolute atomic E-state index is 0.121. The Morgan fingerprint density at radius 3 is 2.23 bits per heavy atom. The molecule has 1 aliphatic carbocycles. The van der Waals surface area contributed by atoms with E-state index < -0.39 is 0 Å². The van der Waals surface area contributed by atoms with Crippen LogP contribution in [-0.4, -0.2) is 71.8 Å². The highest BCUT2D eigenvalue weighted by atomic mass is 16.2. The molecule has 1 heterocycles. The molecule has 0 spiro atoms. The molecular formula is C17H31N3O2. The van der Waals surface area contributed by atoms with Gasteiger partial charge in [-0.2, -0.15) is 0 Å². The normalized spacial score (nSPS) is 20.9. The lowest BCUT2D eigenvalue weighted by Gasteiger charge is -2.36. The van der Waals surface area contributed by atoms with Crippen LogP contribution in [0.3, 0.4) is 0 Å². The summed E-state index contributed by atoms with van der Waals surface area (Å²) in [5, 5.41) is 0. The third-order valence-corrected chi connectivity index (χ3v) is 5.16. The Labute approximate surface area is 134 Å². The van der Waals surface area contributed by atoms with Crippen LogP contribution in [0.25, 0.3) is 0 Å². The van der Waals surface area contributed by atoms with Crippen LogP contribution in [0.4, 0.5) is 0 Å². The number of carbonyl (C=O) groups excluding carboxylic acids is 2. The SMILES string of the molecule is CCN1CCN(C(=O)CCN(C(C)=O)C2CCCCC2)CC1. The van der Waals surface area contributed by atoms with E-state index in [1.807, 2.05) is 9.80 Å². The molecule has 2 rings (SSSR count). The maximum Gasteiger partial charge on any atom is 0.224 e. The Balaban J connectivity index is 1.79. The molecular weight excluding hydrogens is 278 g/mol. The second-order valence-electron chi connectivity index (χ2n) is 6.57. The molecule has 1 aliphatic heterocycles. The van der Waals surface area contributed by atoms with Crippen LogP contribution in [0.15, 0.2) is 0 Å². The van der Waals surface area contributed by atoms with E-state index in [1.165, 1.54) is 19.3 Å². The summed E-state index contributed by atoms with van der Waals surface area (Å²) in [4.78, 5) is 30.6. The van der Waals surface area contributed by atoms with Crippen molar-refractivity contribution in [1.82, 2.24) is 14.7 Å². The quantitative estimate of drug-likeness (QED) is 0.777. The Morgan fingerprint density at radius 1 is 1.05 bits per heavy atom. The van der Waals surface area contributed by atoms with Gasteiger partial charge in [-0.15, -0.1) is 0 Å². The van der Waals surface area contributed by atoms with Crippen LogP contribution >= 0.6 is 0 Å². The van der Waals surface area contributed by atoms with Gasteiger partial charge < -0.3 is 14.7 Å². The minimum Gasteiger partial charge on any atom is -0.340 e. The molecule has 2 aliphatic rings. The fourth-order valence-corrected chi connectivity index (χ4v) is 3.68. The minimum atomic E-state index is 0.121. The van der Waals surface area contributed by atoms with Crippen molar-refractivity contribution in [2.24, 2.45) is 0 Å². The third-order valence-electron chi connectivity index (χ3n) is 5.16. The summed E-state index contributed by atoms with van der Waals surface area (Å²) < 4.78 is 0. The van der Waals surface area contributed by atoms with Crippen molar-refractivity contribution < 1.29 is 9.59 Å². The van der Waals surface area contributed by atoms with E-state index >= 15 is 0 Å². The first-order valence-corrected chi connectivity index (χ1v) is 8.89. The molecule has 0 unspecified atom stereocenters. The zero-order valence-electron chi connectivity index (χ0n) is 14.2. The summed E-state index contributed by atoms with van der Waals surface area (Å²) in [6, 6.07) is 0.357. The topological polar surface area (TPSA) is 43.9 Å². The van der Waals surface area contributed by atoms with E-state index in [4.69, 9.17) is 0 Å². The molecule has 0 N–H and O–H groups in total. The predicted octanol–water partition coefficient (Wildman–Crippen LogP) is 1.72. The molecule has 5 nitrogen and oxygen atoms in total. The van der Waals surface area contributed by atoms with Gasteiger partial charge in [0.05, 0.1) is 0 Å². The molecule has 0 aromatic heterocycles. The Bertz CT molecular complexity index is 372. The van der Waals surface area contributed by atoms with Gasteiger partial charge in [0.25, 0.3) is 0 Å². The highest BCUT2D eigenvalue weighted by Crippen LogP contribution is 2.23. The van der Waals surface area contributed by atoms with Crippen LogP contribution in [0.2, 0.25) is 0 Å². The van der Waals surface area contributed by atoms with Crippen LogP contribution in [-0.2, 0) is 9.59 Å². The number of hydrogen-bond donors (Lipinski definition) is 0. The molecule has 22 heavy (non-hydrogen) atoms. The molecule has 0 aromatic carbocycles. The van der Waals surface area contributed by atoms with Gasteiger partial charge in [-0.3, -0.25) is 9.59 Å². The first kappa shape index (κ1) is 17.3. The van der Waals surface area contributed by atoms with Crippen molar-refractivity contribution >= 4 is 11.8 Å². The van der Waals surface area contributed by atoms with Crippen molar-refractivity contribution in [3.63, 3.8) is 0 Å². The standard InChI is InChI=1S/C17H31N3O2/c1-3-18-11-13-19(14-12-18)17(22)9-10-20(15(2)21)16-7-5-4-6-8-16/h16H,3-14H2,1-2H3. The van der Waals surface area contributed by atoms with E-state index in [0.29, 0.717) is 19.0 Å². The maximum absolute atomic E-state index is 12.4. The lowest BCUT2D eigenvalue weighted by Crippen LogP contribution is -2.49. The lowest BCUT2D eigenvalue weighted by atomic mass is 9.94. The third kappa shape index (κ3) is 4.70. The number of likely N-dealkylation sites (N-methyl/N-ethyl adjacent to an activating group) is 1. The van der Waals surface area contributed by atoms with Crippen LogP contribution in [0.1, 0.15) is 52.4 Å². The average Bonchev–Trinajstić information content (AvgIpc) is 2.55. The summed E-state index contributed by atoms with van der Waals surface area (Å²) >= 11 is 0. The second-order valence-corrected chi connectivity index (χ2v) is 6.57. The predicted molar refractivity (Wildman–Crippen MR) is 87.6 cm³/mol. The number of amides is 2. The first-order chi connectivity index (χ1) is 10.6. The Morgan fingerprint density at radius 2 is 1.68 bits per heavy atom. The highest BCUT2D eigenvalue weighted by molar-refractivity contribution is 5.78. The summed E-state index contributed by atoms with van der Waals surface area (Å²) in [6.45, 7) is 9.05. The molecule has 2 fully saturated rings. The number of carbonyl (C=O) groups is 2. The molecule has 1 saturated heterocycles. The van der Waals surface area contributed by atoms with Crippen molar-refractivity contribution in [2.45, 2.75) is 58.4 Å². The zero-order valence-corrected chi connectivity index (χ0v) is 14.2. The fourth-order valence-electron chi connectivity index (χ4n) is 3.68. The monoisotopic (exact) mass is 309 g/mol. The van der Waals surface area contributed by atoms with Gasteiger partial charge >= 0.3 is 0 Å². The number of hydrogen-bond acceptors (Lipinski definition) is 3. The van der Waals surface area contributed by atoms with Crippen molar-refractivity contribution in [2.75, 3.05) is 39.3 Å². The smallest absolute Gasteiger partial charge is 0.224 e. The van der Waals surface area contributed by atoms with Crippen LogP contribution in [0, 0.1) is 0 Å². The van der Waals surface area contributed by atoms with Gasteiger partial charge in [-0.05, 0) is 19.4 Å².